The van der Waals surface area contributed by atoms with E-state index in [9.17, 15) is 14.7 Å². The molecule has 0 spiro atoms. The van der Waals surface area contributed by atoms with Crippen LogP contribution in [0.2, 0.25) is 0 Å². The molecular formula is C29H27N3O3. The number of benzene rings is 3. The van der Waals surface area contributed by atoms with Gasteiger partial charge in [0.1, 0.15) is 5.76 Å². The number of aromatic nitrogens is 2. The van der Waals surface area contributed by atoms with Gasteiger partial charge in [0.15, 0.2) is 0 Å². The van der Waals surface area contributed by atoms with Crippen LogP contribution in [-0.2, 0) is 15.0 Å². The summed E-state index contributed by atoms with van der Waals surface area (Å²) in [5.41, 5.74) is 4.81. The number of ketones is 1. The lowest BCUT2D eigenvalue weighted by atomic mass is 9.85. The first-order chi connectivity index (χ1) is 16.6. The van der Waals surface area contributed by atoms with Gasteiger partial charge in [-0.1, -0.05) is 81.4 Å². The molecule has 3 aromatic carbocycles. The van der Waals surface area contributed by atoms with Crippen molar-refractivity contribution in [2.24, 2.45) is 0 Å². The van der Waals surface area contributed by atoms with Gasteiger partial charge >= 0.3 is 5.91 Å². The number of amides is 1. The molecule has 2 N–H and O–H groups in total. The van der Waals surface area contributed by atoms with Crippen LogP contribution in [0.5, 0.6) is 0 Å². The van der Waals surface area contributed by atoms with Crippen molar-refractivity contribution in [1.82, 2.24) is 9.97 Å². The van der Waals surface area contributed by atoms with Crippen LogP contribution < -0.4 is 4.90 Å². The van der Waals surface area contributed by atoms with E-state index in [1.807, 2.05) is 55.5 Å². The molecule has 0 radical (unpaired) electrons. The average Bonchev–Trinajstić information content (AvgIpc) is 3.36. The Morgan fingerprint density at radius 2 is 1.66 bits per heavy atom. The van der Waals surface area contributed by atoms with Gasteiger partial charge in [-0.2, -0.15) is 0 Å². The third-order valence-electron chi connectivity index (χ3n) is 6.44. The molecule has 6 heteroatoms. The summed E-state index contributed by atoms with van der Waals surface area (Å²) < 4.78 is 0. The number of imidazole rings is 1. The fourth-order valence-electron chi connectivity index (χ4n) is 4.51. The predicted molar refractivity (Wildman–Crippen MR) is 137 cm³/mol. The second-order valence-electron chi connectivity index (χ2n) is 9.99. The molecule has 1 atom stereocenters. The molecule has 35 heavy (non-hydrogen) atoms. The average molecular weight is 466 g/mol. The van der Waals surface area contributed by atoms with Crippen LogP contribution in [0.15, 0.2) is 78.4 Å². The number of aliphatic hydroxyl groups is 1. The van der Waals surface area contributed by atoms with Gasteiger partial charge in [0.25, 0.3) is 5.78 Å². The lowest BCUT2D eigenvalue weighted by Crippen LogP contribution is -2.30. The quantitative estimate of drug-likeness (QED) is 0.228. The van der Waals surface area contributed by atoms with Crippen LogP contribution in [0.4, 0.5) is 5.95 Å². The summed E-state index contributed by atoms with van der Waals surface area (Å²) >= 11 is 0. The molecule has 1 amide bonds. The predicted octanol–water partition coefficient (Wildman–Crippen LogP) is 5.80. The largest absolute Gasteiger partial charge is 0.507 e. The second kappa shape index (κ2) is 8.24. The number of fused-ring (bicyclic) bond motifs is 1. The highest BCUT2D eigenvalue weighted by molar-refractivity contribution is 6.51. The molecule has 1 saturated heterocycles. The molecule has 0 bridgehead atoms. The number of nitrogens with one attached hydrogen (secondary N) is 1. The lowest BCUT2D eigenvalue weighted by molar-refractivity contribution is -0.132. The summed E-state index contributed by atoms with van der Waals surface area (Å²) in [6, 6.07) is 21.6. The number of anilines is 1. The van der Waals surface area contributed by atoms with Gasteiger partial charge < -0.3 is 10.1 Å². The van der Waals surface area contributed by atoms with E-state index in [-0.39, 0.29) is 22.7 Å². The summed E-state index contributed by atoms with van der Waals surface area (Å²) in [5.74, 6) is -1.41. The first kappa shape index (κ1) is 22.6. The van der Waals surface area contributed by atoms with Crippen molar-refractivity contribution < 1.29 is 14.7 Å². The number of nitrogens with zero attached hydrogens (tertiary/aromatic N) is 2. The van der Waals surface area contributed by atoms with E-state index in [1.54, 1.807) is 24.3 Å². The molecule has 4 aromatic rings. The molecule has 1 aliphatic heterocycles. The molecule has 0 saturated carbocycles. The number of carbonyl (C=O) groups is 2. The number of rotatable bonds is 3. The fraction of sp³-hybridized carbons (Fsp3) is 0.207. The molecule has 1 unspecified atom stereocenters. The maximum absolute atomic E-state index is 13.4. The Bertz CT molecular complexity index is 1480. The number of carbonyl (C=O) groups excluding carboxylic acids is 2. The Morgan fingerprint density at radius 3 is 2.31 bits per heavy atom. The highest BCUT2D eigenvalue weighted by Crippen LogP contribution is 2.42. The summed E-state index contributed by atoms with van der Waals surface area (Å²) in [7, 11) is 0. The third-order valence-corrected chi connectivity index (χ3v) is 6.44. The van der Waals surface area contributed by atoms with Gasteiger partial charge in [-0.3, -0.25) is 14.5 Å². The Labute approximate surface area is 203 Å². The van der Waals surface area contributed by atoms with E-state index in [1.165, 1.54) is 4.90 Å². The maximum Gasteiger partial charge on any atom is 0.302 e. The van der Waals surface area contributed by atoms with Crippen LogP contribution in [0, 0.1) is 6.92 Å². The van der Waals surface area contributed by atoms with Gasteiger partial charge in [-0.15, -0.1) is 0 Å². The Morgan fingerprint density at radius 1 is 0.971 bits per heavy atom. The normalized spacial score (nSPS) is 17.9. The fourth-order valence-corrected chi connectivity index (χ4v) is 4.51. The summed E-state index contributed by atoms with van der Waals surface area (Å²) in [4.78, 5) is 35.9. The number of hydrogen-bond acceptors (Lipinski definition) is 4. The Hall–Kier alpha value is -4.19. The lowest BCUT2D eigenvalue weighted by Gasteiger charge is -2.24. The number of aromatic amines is 1. The van der Waals surface area contributed by atoms with E-state index in [2.05, 4.69) is 30.7 Å². The zero-order valence-electron chi connectivity index (χ0n) is 20.2. The Balaban J connectivity index is 1.72. The van der Waals surface area contributed by atoms with E-state index in [0.29, 0.717) is 16.6 Å². The smallest absolute Gasteiger partial charge is 0.302 e. The molecule has 5 rings (SSSR count). The van der Waals surface area contributed by atoms with Gasteiger partial charge in [-0.05, 0) is 41.2 Å². The zero-order valence-corrected chi connectivity index (χ0v) is 20.2. The molecule has 0 aliphatic carbocycles. The first-order valence-corrected chi connectivity index (χ1v) is 11.6. The molecule has 1 aliphatic rings. The molecule has 176 valence electrons. The van der Waals surface area contributed by atoms with Gasteiger partial charge in [-0.25, -0.2) is 4.98 Å². The molecular weight excluding hydrogens is 438 g/mol. The van der Waals surface area contributed by atoms with Gasteiger partial charge in [0.2, 0.25) is 5.95 Å². The number of H-pyrrole nitrogens is 1. The standard InChI is InChI=1S/C29H27N3O3/c1-17-10-15-21-22(16-17)31-28(30-21)32-24(18-11-13-20(14-12-18)29(2,3)4)23(26(34)27(32)35)25(33)19-8-6-5-7-9-19/h5-16,24,33H,1-4H3,(H,30,31)/b25-23+. The van der Waals surface area contributed by atoms with Crippen molar-refractivity contribution in [1.29, 1.82) is 0 Å². The van der Waals surface area contributed by atoms with E-state index < -0.39 is 17.7 Å². The highest BCUT2D eigenvalue weighted by Gasteiger charge is 2.48. The van der Waals surface area contributed by atoms with Crippen molar-refractivity contribution in [2.75, 3.05) is 4.90 Å². The summed E-state index contributed by atoms with van der Waals surface area (Å²) in [6.45, 7) is 8.35. The number of aryl methyl sites for hydroxylation is 1. The number of aliphatic hydroxyl groups excluding tert-OH is 1. The number of hydrogen-bond donors (Lipinski definition) is 2. The maximum atomic E-state index is 13.4. The Kier molecular flexibility index (Phi) is 5.32. The van der Waals surface area contributed by atoms with Crippen LogP contribution in [0.3, 0.4) is 0 Å². The van der Waals surface area contributed by atoms with Crippen molar-refractivity contribution in [2.45, 2.75) is 39.2 Å². The third kappa shape index (κ3) is 3.91. The number of Topliss-reactive ketones (excluding diaryl/α,β-unsaturated/α-hetero) is 1. The van der Waals surface area contributed by atoms with Crippen LogP contribution >= 0.6 is 0 Å². The van der Waals surface area contributed by atoms with E-state index >= 15 is 0 Å². The minimum absolute atomic E-state index is 0.0429. The highest BCUT2D eigenvalue weighted by atomic mass is 16.3. The van der Waals surface area contributed by atoms with Crippen molar-refractivity contribution in [3.63, 3.8) is 0 Å². The van der Waals surface area contributed by atoms with Crippen molar-refractivity contribution in [3.8, 4) is 0 Å². The molecule has 2 heterocycles. The monoisotopic (exact) mass is 465 g/mol. The molecule has 6 nitrogen and oxygen atoms in total. The topological polar surface area (TPSA) is 86.3 Å². The minimum Gasteiger partial charge on any atom is -0.507 e. The molecule has 1 fully saturated rings. The van der Waals surface area contributed by atoms with Crippen molar-refractivity contribution >= 4 is 34.4 Å². The van der Waals surface area contributed by atoms with E-state index in [0.717, 1.165) is 16.6 Å². The summed E-state index contributed by atoms with van der Waals surface area (Å²) in [5, 5.41) is 11.2. The van der Waals surface area contributed by atoms with Crippen molar-refractivity contribution in [3.05, 3.63) is 101 Å². The van der Waals surface area contributed by atoms with Gasteiger partial charge in [0, 0.05) is 5.56 Å². The van der Waals surface area contributed by atoms with Gasteiger partial charge in [0.05, 0.1) is 22.6 Å². The van der Waals surface area contributed by atoms with Crippen LogP contribution in [0.1, 0.15) is 49.1 Å². The second-order valence-corrected chi connectivity index (χ2v) is 9.99. The zero-order chi connectivity index (χ0) is 24.9. The molecule has 1 aromatic heterocycles. The minimum atomic E-state index is -0.828. The van der Waals surface area contributed by atoms with E-state index in [4.69, 9.17) is 0 Å². The van der Waals surface area contributed by atoms with Crippen LogP contribution in [0.25, 0.3) is 16.8 Å². The SMILES string of the molecule is Cc1ccc2nc(N3C(=O)C(=O)/C(=C(/O)c4ccccc4)C3c3ccc(C(C)(C)C)cc3)[nH]c2c1. The first-order valence-electron chi connectivity index (χ1n) is 11.6. The van der Waals surface area contributed by atoms with Crippen LogP contribution in [-0.4, -0.2) is 26.8 Å². The summed E-state index contributed by atoms with van der Waals surface area (Å²) in [6.07, 6.45) is 0.